The van der Waals surface area contributed by atoms with E-state index in [2.05, 4.69) is 19.6 Å². The van der Waals surface area contributed by atoms with E-state index < -0.39 is 10.0 Å². The summed E-state index contributed by atoms with van der Waals surface area (Å²) < 4.78 is 29.2. The third kappa shape index (κ3) is 6.25. The molecule has 2 aromatic heterocycles. The minimum absolute atomic E-state index is 0.123. The second-order valence-electron chi connectivity index (χ2n) is 7.83. The van der Waals surface area contributed by atoms with Crippen molar-refractivity contribution < 1.29 is 13.2 Å². The van der Waals surface area contributed by atoms with Crippen LogP contribution >= 0.6 is 11.3 Å². The van der Waals surface area contributed by atoms with Crippen molar-refractivity contribution >= 4 is 27.3 Å². The summed E-state index contributed by atoms with van der Waals surface area (Å²) in [5, 5.41) is 5.62. The van der Waals surface area contributed by atoms with E-state index in [0.29, 0.717) is 11.3 Å². The molecule has 0 aliphatic rings. The molecule has 3 aromatic rings. The molecule has 0 atom stereocenters. The molecule has 7 nitrogen and oxygen atoms in total. The predicted molar refractivity (Wildman–Crippen MR) is 124 cm³/mol. The van der Waals surface area contributed by atoms with Crippen LogP contribution in [-0.4, -0.2) is 29.9 Å². The highest BCUT2D eigenvalue weighted by Crippen LogP contribution is 2.20. The fourth-order valence-electron chi connectivity index (χ4n) is 3.35. The Kier molecular flexibility index (Phi) is 7.30. The van der Waals surface area contributed by atoms with E-state index in [-0.39, 0.29) is 30.7 Å². The summed E-state index contributed by atoms with van der Waals surface area (Å²) in [7, 11) is -3.44. The van der Waals surface area contributed by atoms with Crippen molar-refractivity contribution in [2.75, 3.05) is 0 Å². The van der Waals surface area contributed by atoms with Crippen molar-refractivity contribution in [3.63, 3.8) is 0 Å². The van der Waals surface area contributed by atoms with E-state index >= 15 is 0 Å². The molecular weight excluding hydrogens is 432 g/mol. The van der Waals surface area contributed by atoms with Crippen LogP contribution in [0.1, 0.15) is 42.1 Å². The van der Waals surface area contributed by atoms with Gasteiger partial charge in [-0.25, -0.2) is 18.1 Å². The molecule has 0 spiro atoms. The zero-order valence-corrected chi connectivity index (χ0v) is 19.8. The number of rotatable bonds is 9. The van der Waals surface area contributed by atoms with Gasteiger partial charge in [0.1, 0.15) is 0 Å². The highest BCUT2D eigenvalue weighted by atomic mass is 32.2. The van der Waals surface area contributed by atoms with Crippen LogP contribution in [0.3, 0.4) is 0 Å². The molecule has 166 valence electrons. The first-order chi connectivity index (χ1) is 14.6. The van der Waals surface area contributed by atoms with Gasteiger partial charge in [0.05, 0.1) is 17.9 Å². The third-order valence-electron chi connectivity index (χ3n) is 4.70. The van der Waals surface area contributed by atoms with Gasteiger partial charge in [-0.1, -0.05) is 24.3 Å². The molecule has 0 saturated carbocycles. The van der Waals surface area contributed by atoms with Gasteiger partial charge in [-0.3, -0.25) is 9.36 Å². The summed E-state index contributed by atoms with van der Waals surface area (Å²) in [5.74, 6) is -0.279. The summed E-state index contributed by atoms with van der Waals surface area (Å²) in [6.45, 7) is 7.88. The van der Waals surface area contributed by atoms with Crippen LogP contribution in [0, 0.1) is 13.8 Å². The maximum Gasteiger partial charge on any atom is 0.226 e. The molecule has 2 heterocycles. The van der Waals surface area contributed by atoms with Crippen molar-refractivity contribution in [2.24, 2.45) is 0 Å². The highest BCUT2D eigenvalue weighted by molar-refractivity contribution is 7.88. The molecule has 0 bridgehead atoms. The number of benzene rings is 1. The van der Waals surface area contributed by atoms with E-state index in [1.165, 1.54) is 11.3 Å². The summed E-state index contributed by atoms with van der Waals surface area (Å²) in [4.78, 5) is 17.1. The number of nitrogens with zero attached hydrogens (tertiary/aromatic N) is 2. The van der Waals surface area contributed by atoms with Crippen LogP contribution in [0.15, 0.2) is 41.8 Å². The quantitative estimate of drug-likeness (QED) is 0.513. The Morgan fingerprint density at radius 1 is 1.10 bits per heavy atom. The van der Waals surface area contributed by atoms with Crippen molar-refractivity contribution in [3.05, 3.63) is 70.0 Å². The van der Waals surface area contributed by atoms with Gasteiger partial charge in [0, 0.05) is 29.4 Å². The zero-order valence-electron chi connectivity index (χ0n) is 18.2. The second kappa shape index (κ2) is 9.76. The Morgan fingerprint density at radius 2 is 1.74 bits per heavy atom. The Balaban J connectivity index is 1.62. The van der Waals surface area contributed by atoms with Crippen LogP contribution < -0.4 is 10.0 Å². The van der Waals surface area contributed by atoms with E-state index in [1.54, 1.807) is 26.0 Å². The normalized spacial score (nSPS) is 11.8. The van der Waals surface area contributed by atoms with Crippen LogP contribution in [-0.2, 0) is 33.5 Å². The van der Waals surface area contributed by atoms with Gasteiger partial charge < -0.3 is 5.32 Å². The minimum atomic E-state index is -3.44. The van der Waals surface area contributed by atoms with Crippen molar-refractivity contribution in [3.8, 4) is 5.13 Å². The number of aryl methyl sites for hydroxylation is 2. The molecule has 3 rings (SSSR count). The number of sulfonamides is 1. The van der Waals surface area contributed by atoms with Crippen LogP contribution in [0.25, 0.3) is 5.13 Å². The molecule has 9 heteroatoms. The number of thiazole rings is 1. The molecule has 1 amide bonds. The average Bonchev–Trinajstić information content (AvgIpc) is 3.25. The summed E-state index contributed by atoms with van der Waals surface area (Å²) in [6, 6.07) is 11.2. The number of nitrogens with one attached hydrogen (secondary N) is 2. The Bertz CT molecular complexity index is 1140. The first-order valence-electron chi connectivity index (χ1n) is 10.1. The zero-order chi connectivity index (χ0) is 22.6. The number of aromatic nitrogens is 2. The lowest BCUT2D eigenvalue weighted by Crippen LogP contribution is -2.32. The first-order valence-corrected chi connectivity index (χ1v) is 12.6. The fraction of sp³-hybridized carbons (Fsp3) is 0.364. The van der Waals surface area contributed by atoms with Gasteiger partial charge in [0.15, 0.2) is 5.13 Å². The predicted octanol–water partition coefficient (Wildman–Crippen LogP) is 3.24. The molecule has 1 aromatic carbocycles. The average molecular weight is 461 g/mol. The van der Waals surface area contributed by atoms with Gasteiger partial charge in [-0.15, -0.1) is 11.3 Å². The van der Waals surface area contributed by atoms with E-state index in [1.807, 2.05) is 43.5 Å². The third-order valence-corrected chi connectivity index (χ3v) is 7.10. The van der Waals surface area contributed by atoms with Crippen LogP contribution in [0.5, 0.6) is 0 Å². The summed E-state index contributed by atoms with van der Waals surface area (Å²) in [6.07, 6.45) is 0.172. The van der Waals surface area contributed by atoms with Gasteiger partial charge >= 0.3 is 0 Å². The summed E-state index contributed by atoms with van der Waals surface area (Å²) >= 11 is 1.50. The van der Waals surface area contributed by atoms with E-state index in [0.717, 1.165) is 22.1 Å². The number of amides is 1. The molecule has 0 saturated heterocycles. The number of hydrogen-bond acceptors (Lipinski definition) is 5. The highest BCUT2D eigenvalue weighted by Gasteiger charge is 2.16. The van der Waals surface area contributed by atoms with Crippen molar-refractivity contribution in [1.82, 2.24) is 19.6 Å². The lowest BCUT2D eigenvalue weighted by atomic mass is 10.1. The van der Waals surface area contributed by atoms with Gasteiger partial charge in [-0.05, 0) is 51.0 Å². The largest absolute Gasteiger partial charge is 0.352 e. The van der Waals surface area contributed by atoms with E-state index in [9.17, 15) is 13.2 Å². The molecular formula is C22H28N4O3S2. The number of carbonyl (C=O) groups is 1. The first kappa shape index (κ1) is 23.2. The molecule has 0 unspecified atom stereocenters. The summed E-state index contributed by atoms with van der Waals surface area (Å²) in [5.41, 5.74) is 4.36. The molecule has 0 aliphatic heterocycles. The van der Waals surface area contributed by atoms with Crippen molar-refractivity contribution in [1.29, 1.82) is 0 Å². The minimum Gasteiger partial charge on any atom is -0.352 e. The lowest BCUT2D eigenvalue weighted by molar-refractivity contribution is -0.120. The lowest BCUT2D eigenvalue weighted by Gasteiger charge is -2.13. The van der Waals surface area contributed by atoms with Gasteiger partial charge in [0.25, 0.3) is 0 Å². The molecule has 0 aliphatic carbocycles. The topological polar surface area (TPSA) is 93.1 Å². The monoisotopic (exact) mass is 460 g/mol. The van der Waals surface area contributed by atoms with Gasteiger partial charge in [0.2, 0.25) is 15.9 Å². The van der Waals surface area contributed by atoms with Crippen LogP contribution in [0.2, 0.25) is 0 Å². The molecule has 0 radical (unpaired) electrons. The second-order valence-corrected chi connectivity index (χ2v) is 10.4. The molecule has 2 N–H and O–H groups in total. The maximum atomic E-state index is 12.5. The van der Waals surface area contributed by atoms with Gasteiger partial charge in [-0.2, -0.15) is 0 Å². The van der Waals surface area contributed by atoms with Crippen LogP contribution in [0.4, 0.5) is 0 Å². The Morgan fingerprint density at radius 3 is 2.39 bits per heavy atom. The Labute approximate surface area is 187 Å². The molecule has 31 heavy (non-hydrogen) atoms. The van der Waals surface area contributed by atoms with E-state index in [4.69, 9.17) is 0 Å². The molecule has 0 fully saturated rings. The van der Waals surface area contributed by atoms with Crippen molar-refractivity contribution in [2.45, 2.75) is 52.5 Å². The number of hydrogen-bond donors (Lipinski definition) is 2. The number of carbonyl (C=O) groups excluding carboxylic acids is 1. The smallest absolute Gasteiger partial charge is 0.226 e. The Hall–Kier alpha value is -2.49. The SMILES string of the molecule is Cc1ccc(C)n1-c1nc(CC(=O)NCc2ccccc2CS(=O)(=O)NC(C)C)cs1. The maximum absolute atomic E-state index is 12.5. The fourth-order valence-corrected chi connectivity index (χ4v) is 5.78. The standard InChI is InChI=1S/C22H28N4O3S2/c1-15(2)25-31(28,29)14-19-8-6-5-7-18(19)12-23-21(27)11-20-13-30-22(24-20)26-16(3)9-10-17(26)4/h5-10,13,15,25H,11-12,14H2,1-4H3,(H,23,27).